The van der Waals surface area contributed by atoms with Crippen molar-refractivity contribution in [1.29, 1.82) is 0 Å². The Morgan fingerprint density at radius 3 is 2.83 bits per heavy atom. The second kappa shape index (κ2) is 8.64. The Balaban J connectivity index is 1.30. The summed E-state index contributed by atoms with van der Waals surface area (Å²) in [5.74, 6) is 1.16. The Bertz CT molecular complexity index is 972. The summed E-state index contributed by atoms with van der Waals surface area (Å²) in [5, 5.41) is 5.13. The first-order valence-electron chi connectivity index (χ1n) is 10.3. The Hall–Kier alpha value is -2.24. The highest BCUT2D eigenvalue weighted by Gasteiger charge is 2.26. The molecule has 1 saturated heterocycles. The summed E-state index contributed by atoms with van der Waals surface area (Å²) in [6.45, 7) is 4.78. The van der Waals surface area contributed by atoms with Gasteiger partial charge < -0.3 is 14.3 Å². The summed E-state index contributed by atoms with van der Waals surface area (Å²) in [6, 6.07) is 9.96. The van der Waals surface area contributed by atoms with Crippen LogP contribution >= 0.6 is 11.6 Å². The van der Waals surface area contributed by atoms with Crippen molar-refractivity contribution in [3.8, 4) is 0 Å². The van der Waals surface area contributed by atoms with Crippen molar-refractivity contribution in [2.45, 2.75) is 38.8 Å². The summed E-state index contributed by atoms with van der Waals surface area (Å²) < 4.78 is 7.53. The van der Waals surface area contributed by atoms with Crippen LogP contribution in [-0.2, 0) is 24.8 Å². The molecule has 1 aliphatic rings. The van der Waals surface area contributed by atoms with Gasteiger partial charge in [0.05, 0.1) is 6.26 Å². The first kappa shape index (κ1) is 20.0. The summed E-state index contributed by atoms with van der Waals surface area (Å²) in [4.78, 5) is 15.1. The van der Waals surface area contributed by atoms with Crippen molar-refractivity contribution in [2.24, 2.45) is 13.0 Å². The number of rotatable bonds is 6. The van der Waals surface area contributed by atoms with Crippen LogP contribution in [0.25, 0.3) is 10.9 Å². The van der Waals surface area contributed by atoms with Crippen molar-refractivity contribution in [1.82, 2.24) is 14.8 Å². The molecular weight excluding hydrogens is 386 g/mol. The number of aryl methyl sites for hydroxylation is 1. The minimum absolute atomic E-state index is 0.0760. The zero-order valence-corrected chi connectivity index (χ0v) is 17.8. The van der Waals surface area contributed by atoms with E-state index >= 15 is 0 Å². The predicted molar refractivity (Wildman–Crippen MR) is 116 cm³/mol. The number of amides is 1. The van der Waals surface area contributed by atoms with Gasteiger partial charge in [-0.25, -0.2) is 0 Å². The van der Waals surface area contributed by atoms with Gasteiger partial charge >= 0.3 is 0 Å². The number of furan rings is 1. The Morgan fingerprint density at radius 1 is 1.31 bits per heavy atom. The molecule has 1 amide bonds. The molecule has 0 aliphatic carbocycles. The van der Waals surface area contributed by atoms with Gasteiger partial charge in [-0.2, -0.15) is 0 Å². The average Bonchev–Trinajstić information content (AvgIpc) is 3.30. The van der Waals surface area contributed by atoms with Gasteiger partial charge in [-0.3, -0.25) is 9.69 Å². The van der Waals surface area contributed by atoms with E-state index in [4.69, 9.17) is 16.0 Å². The molecule has 1 atom stereocenters. The lowest BCUT2D eigenvalue weighted by Gasteiger charge is -2.31. The highest BCUT2D eigenvalue weighted by molar-refractivity contribution is 6.31. The number of carbonyl (C=O) groups is 1. The zero-order valence-electron chi connectivity index (χ0n) is 17.0. The van der Waals surface area contributed by atoms with Crippen LogP contribution in [0.2, 0.25) is 5.02 Å². The van der Waals surface area contributed by atoms with Gasteiger partial charge in [0.25, 0.3) is 0 Å². The SMILES string of the molecule is C[C@H](Cc1ccco1)NC(=O)C1CCN(Cc2cn(C)c3ccc(Cl)cc23)CC1. The molecule has 0 saturated carbocycles. The van der Waals surface area contributed by atoms with Crippen LogP contribution in [0, 0.1) is 5.92 Å². The molecule has 0 radical (unpaired) electrons. The molecule has 1 fully saturated rings. The molecule has 29 heavy (non-hydrogen) atoms. The van der Waals surface area contributed by atoms with Crippen LogP contribution in [0.1, 0.15) is 31.1 Å². The van der Waals surface area contributed by atoms with E-state index in [1.54, 1.807) is 6.26 Å². The van der Waals surface area contributed by atoms with Crippen molar-refractivity contribution in [2.75, 3.05) is 13.1 Å². The lowest BCUT2D eigenvalue weighted by Crippen LogP contribution is -2.43. The Morgan fingerprint density at radius 2 is 2.10 bits per heavy atom. The van der Waals surface area contributed by atoms with Crippen LogP contribution in [-0.4, -0.2) is 34.5 Å². The van der Waals surface area contributed by atoms with Gasteiger partial charge in [-0.15, -0.1) is 0 Å². The van der Waals surface area contributed by atoms with Gasteiger partial charge in [0, 0.05) is 54.1 Å². The van der Waals surface area contributed by atoms with E-state index in [2.05, 4.69) is 34.1 Å². The number of hydrogen-bond acceptors (Lipinski definition) is 3. The number of likely N-dealkylation sites (tertiary alicyclic amines) is 1. The van der Waals surface area contributed by atoms with E-state index in [0.717, 1.165) is 49.7 Å². The largest absolute Gasteiger partial charge is 0.469 e. The number of aromatic nitrogens is 1. The Kier molecular flexibility index (Phi) is 5.97. The molecule has 3 aromatic rings. The van der Waals surface area contributed by atoms with Gasteiger partial charge in [0.2, 0.25) is 5.91 Å². The van der Waals surface area contributed by atoms with E-state index < -0.39 is 0 Å². The van der Waals surface area contributed by atoms with Crippen LogP contribution in [0.4, 0.5) is 0 Å². The fourth-order valence-electron chi connectivity index (χ4n) is 4.31. The molecule has 4 rings (SSSR count). The number of benzene rings is 1. The maximum Gasteiger partial charge on any atom is 0.223 e. The molecule has 1 N–H and O–H groups in total. The number of carbonyl (C=O) groups excluding carboxylic acids is 1. The fraction of sp³-hybridized carbons (Fsp3) is 0.435. The highest BCUT2D eigenvalue weighted by atomic mass is 35.5. The molecule has 0 bridgehead atoms. The average molecular weight is 414 g/mol. The standard InChI is InChI=1S/C23H28ClN3O2/c1-16(12-20-4-3-11-29-20)25-23(28)17-7-9-27(10-8-17)15-18-14-26(2)22-6-5-19(24)13-21(18)22/h3-6,11,13-14,16-17H,7-10,12,15H2,1-2H3,(H,25,28)/t16-/m1/s1. The zero-order chi connectivity index (χ0) is 20.4. The summed E-state index contributed by atoms with van der Waals surface area (Å²) in [7, 11) is 2.07. The van der Waals surface area contributed by atoms with E-state index in [9.17, 15) is 4.79 Å². The first-order chi connectivity index (χ1) is 14.0. The van der Waals surface area contributed by atoms with E-state index in [0.29, 0.717) is 0 Å². The Labute approximate surface area is 176 Å². The predicted octanol–water partition coefficient (Wildman–Crippen LogP) is 4.38. The number of nitrogens with zero attached hydrogens (tertiary/aromatic N) is 2. The van der Waals surface area contributed by atoms with Crippen molar-refractivity contribution in [3.63, 3.8) is 0 Å². The monoisotopic (exact) mass is 413 g/mol. The molecule has 6 heteroatoms. The molecular formula is C23H28ClN3O2. The lowest BCUT2D eigenvalue weighted by molar-refractivity contribution is -0.127. The van der Waals surface area contributed by atoms with Crippen LogP contribution in [0.15, 0.2) is 47.2 Å². The van der Waals surface area contributed by atoms with Gasteiger partial charge in [-0.05, 0) is 68.8 Å². The molecule has 3 heterocycles. The number of piperidine rings is 1. The smallest absolute Gasteiger partial charge is 0.223 e. The molecule has 0 unspecified atom stereocenters. The first-order valence-corrected chi connectivity index (χ1v) is 10.7. The number of fused-ring (bicyclic) bond motifs is 1. The maximum absolute atomic E-state index is 12.6. The van der Waals surface area contributed by atoms with E-state index in [-0.39, 0.29) is 17.9 Å². The topological polar surface area (TPSA) is 50.4 Å². The second-order valence-electron chi connectivity index (χ2n) is 8.17. The molecule has 5 nitrogen and oxygen atoms in total. The summed E-state index contributed by atoms with van der Waals surface area (Å²) in [5.41, 5.74) is 2.49. The second-order valence-corrected chi connectivity index (χ2v) is 8.61. The van der Waals surface area contributed by atoms with Gasteiger partial charge in [-0.1, -0.05) is 11.6 Å². The van der Waals surface area contributed by atoms with Crippen molar-refractivity contribution in [3.05, 3.63) is 59.1 Å². The highest BCUT2D eigenvalue weighted by Crippen LogP contribution is 2.27. The molecule has 154 valence electrons. The van der Waals surface area contributed by atoms with Crippen LogP contribution < -0.4 is 5.32 Å². The third-order valence-corrected chi connectivity index (χ3v) is 6.10. The molecule has 1 aliphatic heterocycles. The normalized spacial score (nSPS) is 16.9. The molecule has 2 aromatic heterocycles. The van der Waals surface area contributed by atoms with E-state index in [1.165, 1.54) is 16.5 Å². The minimum Gasteiger partial charge on any atom is -0.469 e. The summed E-state index contributed by atoms with van der Waals surface area (Å²) in [6.07, 6.45) is 6.37. The number of hydrogen-bond donors (Lipinski definition) is 1. The van der Waals surface area contributed by atoms with Crippen molar-refractivity contribution < 1.29 is 9.21 Å². The van der Waals surface area contributed by atoms with Crippen LogP contribution in [0.5, 0.6) is 0 Å². The molecule has 1 aromatic carbocycles. The molecule has 0 spiro atoms. The summed E-state index contributed by atoms with van der Waals surface area (Å²) >= 11 is 6.21. The number of nitrogens with one attached hydrogen (secondary N) is 1. The van der Waals surface area contributed by atoms with Crippen molar-refractivity contribution >= 4 is 28.4 Å². The van der Waals surface area contributed by atoms with E-state index in [1.807, 2.05) is 31.2 Å². The van der Waals surface area contributed by atoms with Crippen LogP contribution in [0.3, 0.4) is 0 Å². The van der Waals surface area contributed by atoms with Gasteiger partial charge in [0.1, 0.15) is 5.76 Å². The van der Waals surface area contributed by atoms with Gasteiger partial charge in [0.15, 0.2) is 0 Å². The quantitative estimate of drug-likeness (QED) is 0.652. The fourth-order valence-corrected chi connectivity index (χ4v) is 4.48. The maximum atomic E-state index is 12.6. The lowest BCUT2D eigenvalue weighted by atomic mass is 9.95. The number of halogens is 1. The third kappa shape index (κ3) is 4.68. The minimum atomic E-state index is 0.0760. The third-order valence-electron chi connectivity index (χ3n) is 5.86.